The van der Waals surface area contributed by atoms with E-state index >= 15 is 0 Å². The van der Waals surface area contributed by atoms with Crippen LogP contribution in [-0.4, -0.2) is 93.6 Å². The second kappa shape index (κ2) is 15.7. The third-order valence-corrected chi connectivity index (χ3v) is 9.32. The molecule has 43 heavy (non-hydrogen) atoms. The van der Waals surface area contributed by atoms with Crippen molar-refractivity contribution in [3.05, 3.63) is 28.9 Å². The highest BCUT2D eigenvalue weighted by Gasteiger charge is 2.25. The van der Waals surface area contributed by atoms with Gasteiger partial charge in [-0.3, -0.25) is 4.79 Å². The minimum absolute atomic E-state index is 0.0418. The molecule has 234 valence electrons. The Bertz CT molecular complexity index is 1460. The largest absolute Gasteiger partial charge is 0.493 e. The summed E-state index contributed by atoms with van der Waals surface area (Å²) in [5.41, 5.74) is 1.79. The highest BCUT2D eigenvalue weighted by atomic mass is 35.5. The van der Waals surface area contributed by atoms with Crippen molar-refractivity contribution >= 4 is 48.4 Å². The molecule has 2 heterocycles. The molecule has 11 nitrogen and oxygen atoms in total. The molecule has 0 saturated carbocycles. The molecule has 1 atom stereocenters. The first-order chi connectivity index (χ1) is 20.4. The van der Waals surface area contributed by atoms with Gasteiger partial charge in [0.15, 0.2) is 23.4 Å². The summed E-state index contributed by atoms with van der Waals surface area (Å²) in [6, 6.07) is 6.60. The molecule has 0 aliphatic rings. The standard InChI is InChI=1S/C29H40ClN5O6SSi/c1-19(28(36)34(2)3)42-29-32-26(21-13-24(23(38-5)14-22(21)30)41-18-40-10-9-37-4)25-20(15-31)16-35(27(25)33-29)17-39-11-12-43(6,7)8/h13-14,16,19H,9-12,17-18H2,1-8H3. The maximum Gasteiger partial charge on any atom is 0.235 e. The highest BCUT2D eigenvalue weighted by molar-refractivity contribution is 8.00. The van der Waals surface area contributed by atoms with Gasteiger partial charge in [-0.25, -0.2) is 9.97 Å². The maximum atomic E-state index is 12.7. The molecule has 0 bridgehead atoms. The van der Waals surface area contributed by atoms with E-state index in [2.05, 4.69) is 25.7 Å². The number of halogens is 1. The van der Waals surface area contributed by atoms with Crippen LogP contribution >= 0.6 is 23.4 Å². The van der Waals surface area contributed by atoms with Crippen LogP contribution in [0.1, 0.15) is 12.5 Å². The minimum Gasteiger partial charge on any atom is -0.493 e. The van der Waals surface area contributed by atoms with Crippen molar-refractivity contribution in [3.63, 3.8) is 0 Å². The number of hydrogen-bond acceptors (Lipinski definition) is 10. The second-order valence-corrected chi connectivity index (χ2v) is 18.5. The van der Waals surface area contributed by atoms with Gasteiger partial charge in [-0.05, 0) is 19.0 Å². The van der Waals surface area contributed by atoms with E-state index in [1.54, 1.807) is 51.0 Å². The monoisotopic (exact) mass is 649 g/mol. The summed E-state index contributed by atoms with van der Waals surface area (Å²) in [5, 5.41) is 10.9. The van der Waals surface area contributed by atoms with Crippen LogP contribution in [0.2, 0.25) is 30.7 Å². The van der Waals surface area contributed by atoms with Crippen LogP contribution in [0.5, 0.6) is 11.5 Å². The van der Waals surface area contributed by atoms with Gasteiger partial charge in [0.2, 0.25) is 5.91 Å². The van der Waals surface area contributed by atoms with Crippen LogP contribution in [0.4, 0.5) is 0 Å². The number of aromatic nitrogens is 3. The number of carbonyl (C=O) groups excluding carboxylic acids is 1. The van der Waals surface area contributed by atoms with E-state index in [1.165, 1.54) is 23.8 Å². The summed E-state index contributed by atoms with van der Waals surface area (Å²) in [5.74, 6) is 0.705. The summed E-state index contributed by atoms with van der Waals surface area (Å²) in [7, 11) is 5.22. The van der Waals surface area contributed by atoms with E-state index in [0.717, 1.165) is 6.04 Å². The van der Waals surface area contributed by atoms with Gasteiger partial charge in [0, 0.05) is 53.7 Å². The molecule has 3 rings (SSSR count). The molecule has 0 N–H and O–H groups in total. The quantitative estimate of drug-likeness (QED) is 0.0645. The van der Waals surface area contributed by atoms with Crippen LogP contribution in [0.15, 0.2) is 23.5 Å². The lowest BCUT2D eigenvalue weighted by Crippen LogP contribution is -2.29. The number of methoxy groups -OCH3 is 2. The molecule has 0 saturated heterocycles. The number of nitriles is 1. The number of rotatable bonds is 16. The fourth-order valence-electron chi connectivity index (χ4n) is 4.01. The molecule has 2 aromatic heterocycles. The summed E-state index contributed by atoms with van der Waals surface area (Å²) in [6.07, 6.45) is 1.71. The van der Waals surface area contributed by atoms with Crippen molar-refractivity contribution in [2.75, 3.05) is 54.9 Å². The number of benzene rings is 1. The number of hydrogen-bond donors (Lipinski definition) is 0. The first-order valence-corrected chi connectivity index (χ1v) is 18.7. The SMILES string of the molecule is COCCOCOc1cc(-c2nc(SC(C)C(=O)N(C)C)nc3c2c(C#N)cn3COCC[Si](C)(C)C)c(Cl)cc1OC. The predicted octanol–water partition coefficient (Wildman–Crippen LogP) is 5.51. The molecule has 14 heteroatoms. The van der Waals surface area contributed by atoms with Crippen LogP contribution in [0.3, 0.4) is 0 Å². The number of ether oxygens (including phenoxy) is 5. The van der Waals surface area contributed by atoms with Crippen molar-refractivity contribution in [2.24, 2.45) is 0 Å². The number of thioether (sulfide) groups is 1. The first kappa shape index (κ1) is 34.6. The highest BCUT2D eigenvalue weighted by Crippen LogP contribution is 2.42. The number of carbonyl (C=O) groups is 1. The molecule has 0 radical (unpaired) electrons. The lowest BCUT2D eigenvalue weighted by atomic mass is 10.1. The molecule has 0 fully saturated rings. The molecule has 0 aliphatic heterocycles. The second-order valence-electron chi connectivity index (χ2n) is 11.2. The van der Waals surface area contributed by atoms with Crippen molar-refractivity contribution < 1.29 is 28.5 Å². The normalized spacial score (nSPS) is 12.3. The van der Waals surface area contributed by atoms with Gasteiger partial charge in [0.05, 0.1) is 47.2 Å². The Hall–Kier alpha value is -2.86. The molecule has 0 aliphatic carbocycles. The lowest BCUT2D eigenvalue weighted by molar-refractivity contribution is -0.127. The van der Waals surface area contributed by atoms with Crippen molar-refractivity contribution in [1.82, 2.24) is 19.4 Å². The Kier molecular flexibility index (Phi) is 12.7. The number of amides is 1. The summed E-state index contributed by atoms with van der Waals surface area (Å²) < 4.78 is 29.7. The Morgan fingerprint density at radius 1 is 1.14 bits per heavy atom. The third kappa shape index (κ3) is 9.31. The van der Waals surface area contributed by atoms with Gasteiger partial charge in [-0.1, -0.05) is 43.0 Å². The molecule has 1 aromatic carbocycles. The van der Waals surface area contributed by atoms with Crippen LogP contribution in [0.25, 0.3) is 22.3 Å². The zero-order chi connectivity index (χ0) is 31.7. The molecule has 1 unspecified atom stereocenters. The van der Waals surface area contributed by atoms with Gasteiger partial charge >= 0.3 is 0 Å². The van der Waals surface area contributed by atoms with Gasteiger partial charge in [0.1, 0.15) is 18.4 Å². The first-order valence-electron chi connectivity index (χ1n) is 13.7. The van der Waals surface area contributed by atoms with Gasteiger partial charge in [-0.2, -0.15) is 5.26 Å². The fourth-order valence-corrected chi connectivity index (χ4v) is 5.92. The van der Waals surface area contributed by atoms with Crippen LogP contribution < -0.4 is 9.47 Å². The zero-order valence-electron chi connectivity index (χ0n) is 26.0. The van der Waals surface area contributed by atoms with Crippen molar-refractivity contribution in [1.29, 1.82) is 5.26 Å². The summed E-state index contributed by atoms with van der Waals surface area (Å²) in [4.78, 5) is 23.8. The smallest absolute Gasteiger partial charge is 0.235 e. The van der Waals surface area contributed by atoms with E-state index in [-0.39, 0.29) is 19.4 Å². The maximum absolute atomic E-state index is 12.7. The van der Waals surface area contributed by atoms with Gasteiger partial charge in [-0.15, -0.1) is 0 Å². The molecular weight excluding hydrogens is 610 g/mol. The van der Waals surface area contributed by atoms with E-state index < -0.39 is 13.3 Å². The third-order valence-electron chi connectivity index (χ3n) is 6.35. The average Bonchev–Trinajstić information content (AvgIpc) is 3.31. The summed E-state index contributed by atoms with van der Waals surface area (Å²) in [6.45, 7) is 10.2. The summed E-state index contributed by atoms with van der Waals surface area (Å²) >= 11 is 8.02. The average molecular weight is 650 g/mol. The lowest BCUT2D eigenvalue weighted by Gasteiger charge is -2.17. The molecule has 0 spiro atoms. The van der Waals surface area contributed by atoms with E-state index in [0.29, 0.717) is 69.4 Å². The Morgan fingerprint density at radius 2 is 1.88 bits per heavy atom. The van der Waals surface area contributed by atoms with E-state index in [4.69, 9.17) is 45.3 Å². The molecule has 3 aromatic rings. The minimum atomic E-state index is -1.29. The van der Waals surface area contributed by atoms with Crippen molar-refractivity contribution in [3.8, 4) is 28.8 Å². The predicted molar refractivity (Wildman–Crippen MR) is 171 cm³/mol. The number of nitrogens with zero attached hydrogens (tertiary/aromatic N) is 5. The number of fused-ring (bicyclic) bond motifs is 1. The molecular formula is C29H40ClN5O6SSi. The van der Waals surface area contributed by atoms with Gasteiger partial charge < -0.3 is 33.2 Å². The fraction of sp³-hybridized carbons (Fsp3) is 0.517. The topological polar surface area (TPSA) is 121 Å². The van der Waals surface area contributed by atoms with Gasteiger partial charge in [0.25, 0.3) is 0 Å². The Balaban J connectivity index is 2.14. The van der Waals surface area contributed by atoms with Crippen LogP contribution in [-0.2, 0) is 25.7 Å². The Labute approximate surface area is 263 Å². The molecule has 1 amide bonds. The zero-order valence-corrected chi connectivity index (χ0v) is 28.6. The van der Waals surface area contributed by atoms with Crippen molar-refractivity contribution in [2.45, 2.75) is 49.7 Å². The van der Waals surface area contributed by atoms with E-state index in [9.17, 15) is 10.1 Å². The van der Waals surface area contributed by atoms with Crippen LogP contribution in [0, 0.1) is 11.3 Å². The van der Waals surface area contributed by atoms with E-state index in [1.807, 2.05) is 0 Å². The Morgan fingerprint density at radius 3 is 2.51 bits per heavy atom.